The van der Waals surface area contributed by atoms with E-state index >= 15 is 0 Å². The Balaban J connectivity index is 2.07. The van der Waals surface area contributed by atoms with Crippen molar-refractivity contribution >= 4 is 23.9 Å². The van der Waals surface area contributed by atoms with Crippen molar-refractivity contribution in [3.8, 4) is 5.75 Å². The van der Waals surface area contributed by atoms with E-state index in [2.05, 4.69) is 21.7 Å². The summed E-state index contributed by atoms with van der Waals surface area (Å²) in [6, 6.07) is 7.59. The van der Waals surface area contributed by atoms with Crippen LogP contribution in [0.2, 0.25) is 0 Å². The first kappa shape index (κ1) is 15.1. The van der Waals surface area contributed by atoms with Gasteiger partial charge in [-0.1, -0.05) is 12.1 Å². The number of benzene rings is 1. The van der Waals surface area contributed by atoms with Crippen LogP contribution in [0, 0.1) is 0 Å². The van der Waals surface area contributed by atoms with Crippen molar-refractivity contribution in [2.75, 3.05) is 14.2 Å². The largest absolute Gasteiger partial charge is 0.497 e. The van der Waals surface area contributed by atoms with E-state index in [1.54, 1.807) is 23.5 Å². The van der Waals surface area contributed by atoms with Crippen molar-refractivity contribution in [1.29, 1.82) is 0 Å². The van der Waals surface area contributed by atoms with Gasteiger partial charge in [0.05, 0.1) is 7.11 Å². The molecule has 2 N–H and O–H groups in total. The van der Waals surface area contributed by atoms with Crippen LogP contribution in [0.15, 0.2) is 35.0 Å². The van der Waals surface area contributed by atoms with Crippen LogP contribution in [0.25, 0.3) is 0 Å². The molecule has 6 heteroatoms. The molecular formula is C14H18BNO3S. The molecule has 20 heavy (non-hydrogen) atoms. The van der Waals surface area contributed by atoms with Gasteiger partial charge in [0.25, 0.3) is 0 Å². The highest BCUT2D eigenvalue weighted by Gasteiger charge is 2.17. The average Bonchev–Trinajstić information content (AvgIpc) is 2.91. The Hall–Kier alpha value is -1.34. The number of hydrogen-bond acceptors (Lipinski definition) is 5. The third-order valence-corrected chi connectivity index (χ3v) is 3.79. The predicted molar refractivity (Wildman–Crippen MR) is 82.3 cm³/mol. The smallest absolute Gasteiger partial charge is 0.492 e. The van der Waals surface area contributed by atoms with Crippen molar-refractivity contribution in [2.45, 2.75) is 13.1 Å². The van der Waals surface area contributed by atoms with E-state index in [1.165, 1.54) is 12.7 Å². The molecule has 0 spiro atoms. The van der Waals surface area contributed by atoms with Gasteiger partial charge in [-0.3, -0.25) is 4.90 Å². The number of rotatable bonds is 6. The SMILES string of the molecule is COc1ccc(CN(C)Cc2ccsc2)cc1B(O)O. The Labute approximate surface area is 123 Å². The quantitative estimate of drug-likeness (QED) is 0.782. The van der Waals surface area contributed by atoms with Gasteiger partial charge in [0.1, 0.15) is 5.75 Å². The summed E-state index contributed by atoms with van der Waals surface area (Å²) in [7, 11) is 2.03. The number of hydrogen-bond donors (Lipinski definition) is 2. The van der Waals surface area contributed by atoms with Gasteiger partial charge >= 0.3 is 7.12 Å². The summed E-state index contributed by atoms with van der Waals surface area (Å²) in [5.74, 6) is 0.490. The maximum atomic E-state index is 9.36. The standard InChI is InChI=1S/C14H18BNO3S/c1-16(9-12-5-6-20-10-12)8-11-3-4-14(19-2)13(7-11)15(17)18/h3-7,10,17-18H,8-9H2,1-2H3. The van der Waals surface area contributed by atoms with Crippen LogP contribution in [0.1, 0.15) is 11.1 Å². The fourth-order valence-electron chi connectivity index (χ4n) is 2.15. The minimum atomic E-state index is -1.52. The lowest BCUT2D eigenvalue weighted by molar-refractivity contribution is 0.319. The molecule has 0 bridgehead atoms. The summed E-state index contributed by atoms with van der Waals surface area (Å²) < 4.78 is 5.12. The third kappa shape index (κ3) is 3.83. The van der Waals surface area contributed by atoms with Crippen LogP contribution in [-0.4, -0.2) is 36.2 Å². The maximum absolute atomic E-state index is 9.36. The monoisotopic (exact) mass is 291 g/mol. The summed E-state index contributed by atoms with van der Waals surface area (Å²) >= 11 is 1.69. The highest BCUT2D eigenvalue weighted by atomic mass is 32.1. The van der Waals surface area contributed by atoms with Crippen molar-refractivity contribution in [3.63, 3.8) is 0 Å². The lowest BCUT2D eigenvalue weighted by Crippen LogP contribution is -2.32. The lowest BCUT2D eigenvalue weighted by Gasteiger charge is -2.17. The van der Waals surface area contributed by atoms with Gasteiger partial charge in [0, 0.05) is 18.6 Å². The molecule has 0 radical (unpaired) electrons. The molecule has 0 unspecified atom stereocenters. The van der Waals surface area contributed by atoms with E-state index in [-0.39, 0.29) is 0 Å². The molecule has 0 saturated carbocycles. The van der Waals surface area contributed by atoms with Crippen LogP contribution < -0.4 is 10.2 Å². The van der Waals surface area contributed by atoms with Gasteiger partial charge in [-0.25, -0.2) is 0 Å². The summed E-state index contributed by atoms with van der Waals surface area (Å²) in [5, 5.41) is 22.9. The van der Waals surface area contributed by atoms with Gasteiger partial charge in [-0.2, -0.15) is 11.3 Å². The van der Waals surface area contributed by atoms with Crippen LogP contribution in [0.3, 0.4) is 0 Å². The normalized spacial score (nSPS) is 10.8. The third-order valence-electron chi connectivity index (χ3n) is 3.06. The first-order valence-electron chi connectivity index (χ1n) is 6.32. The fraction of sp³-hybridized carbons (Fsp3) is 0.286. The first-order valence-corrected chi connectivity index (χ1v) is 7.27. The predicted octanol–water partition coefficient (Wildman–Crippen LogP) is 1.07. The molecule has 0 aliphatic heterocycles. The van der Waals surface area contributed by atoms with Gasteiger partial charge in [0.2, 0.25) is 0 Å². The second-order valence-electron chi connectivity index (χ2n) is 4.75. The number of methoxy groups -OCH3 is 1. The molecule has 0 aliphatic rings. The maximum Gasteiger partial charge on any atom is 0.492 e. The minimum Gasteiger partial charge on any atom is -0.497 e. The van der Waals surface area contributed by atoms with Crippen molar-refractivity contribution in [1.82, 2.24) is 4.90 Å². The highest BCUT2D eigenvalue weighted by molar-refractivity contribution is 7.07. The Kier molecular flexibility index (Phi) is 5.20. The number of nitrogens with zero attached hydrogens (tertiary/aromatic N) is 1. The fourth-order valence-corrected chi connectivity index (χ4v) is 2.81. The van der Waals surface area contributed by atoms with Gasteiger partial charge in [0.15, 0.2) is 0 Å². The summed E-state index contributed by atoms with van der Waals surface area (Å²) in [4.78, 5) is 2.18. The van der Waals surface area contributed by atoms with E-state index in [4.69, 9.17) is 4.74 Å². The molecule has 106 valence electrons. The van der Waals surface area contributed by atoms with Gasteiger partial charge < -0.3 is 14.8 Å². The molecule has 1 heterocycles. The Morgan fingerprint density at radius 1 is 1.20 bits per heavy atom. The molecule has 0 amide bonds. The molecule has 0 aliphatic carbocycles. The zero-order valence-corrected chi connectivity index (χ0v) is 12.4. The summed E-state index contributed by atoms with van der Waals surface area (Å²) in [6.07, 6.45) is 0. The Morgan fingerprint density at radius 3 is 2.55 bits per heavy atom. The van der Waals surface area contributed by atoms with E-state index in [0.29, 0.717) is 11.2 Å². The Bertz CT molecular complexity index is 545. The molecule has 0 fully saturated rings. The number of ether oxygens (including phenoxy) is 1. The zero-order valence-electron chi connectivity index (χ0n) is 11.6. The van der Waals surface area contributed by atoms with Crippen LogP contribution in [-0.2, 0) is 13.1 Å². The van der Waals surface area contributed by atoms with Gasteiger partial charge in [-0.05, 0) is 41.1 Å². The highest BCUT2D eigenvalue weighted by Crippen LogP contribution is 2.14. The van der Waals surface area contributed by atoms with Crippen molar-refractivity contribution in [2.24, 2.45) is 0 Å². The molecule has 0 saturated heterocycles. The zero-order chi connectivity index (χ0) is 14.5. The summed E-state index contributed by atoms with van der Waals surface area (Å²) in [5.41, 5.74) is 2.70. The molecule has 2 rings (SSSR count). The molecule has 1 aromatic heterocycles. The number of thiophene rings is 1. The average molecular weight is 291 g/mol. The van der Waals surface area contributed by atoms with Gasteiger partial charge in [-0.15, -0.1) is 0 Å². The van der Waals surface area contributed by atoms with E-state index in [0.717, 1.165) is 18.7 Å². The van der Waals surface area contributed by atoms with E-state index < -0.39 is 7.12 Å². The molecule has 0 atom stereocenters. The van der Waals surface area contributed by atoms with E-state index in [9.17, 15) is 10.0 Å². The minimum absolute atomic E-state index is 0.397. The second kappa shape index (κ2) is 6.90. The second-order valence-corrected chi connectivity index (χ2v) is 5.53. The topological polar surface area (TPSA) is 52.9 Å². The molecule has 1 aromatic carbocycles. The van der Waals surface area contributed by atoms with E-state index in [1.807, 2.05) is 13.1 Å². The van der Waals surface area contributed by atoms with Crippen molar-refractivity contribution < 1.29 is 14.8 Å². The van der Waals surface area contributed by atoms with Crippen LogP contribution in [0.4, 0.5) is 0 Å². The summed E-state index contributed by atoms with van der Waals surface area (Å²) in [6.45, 7) is 1.60. The molecular weight excluding hydrogens is 273 g/mol. The molecule has 2 aromatic rings. The van der Waals surface area contributed by atoms with Crippen LogP contribution >= 0.6 is 11.3 Å². The van der Waals surface area contributed by atoms with Crippen molar-refractivity contribution in [3.05, 3.63) is 46.2 Å². The first-order chi connectivity index (χ1) is 9.60. The lowest BCUT2D eigenvalue weighted by atomic mass is 9.78. The molecule has 4 nitrogen and oxygen atoms in total. The van der Waals surface area contributed by atoms with Crippen LogP contribution in [0.5, 0.6) is 5.75 Å². The Morgan fingerprint density at radius 2 is 1.95 bits per heavy atom.